The van der Waals surface area contributed by atoms with E-state index >= 15 is 0 Å². The van der Waals surface area contributed by atoms with Crippen LogP contribution in [0.5, 0.6) is 5.75 Å². The first-order chi connectivity index (χ1) is 11.9. The second-order valence-electron chi connectivity index (χ2n) is 5.00. The summed E-state index contributed by atoms with van der Waals surface area (Å²) in [6.07, 6.45) is 0.585. The molecule has 25 heavy (non-hydrogen) atoms. The lowest BCUT2D eigenvalue weighted by atomic mass is 10.2. The fourth-order valence-corrected chi connectivity index (χ4v) is 2.57. The quantitative estimate of drug-likeness (QED) is 0.384. The topological polar surface area (TPSA) is 81.5 Å². The second-order valence-corrected chi connectivity index (χ2v) is 6.25. The van der Waals surface area contributed by atoms with Gasteiger partial charge in [-0.3, -0.25) is 14.9 Å². The largest absolute Gasteiger partial charge is 0.492 e. The molecule has 2 aromatic carbocycles. The zero-order chi connectivity index (χ0) is 18.4. The molecule has 0 bridgehead atoms. The highest BCUT2D eigenvalue weighted by Crippen LogP contribution is 2.28. The van der Waals surface area contributed by atoms with Crippen LogP contribution in [0.3, 0.4) is 0 Å². The number of non-ortho nitro benzene ring substituents is 1. The van der Waals surface area contributed by atoms with Gasteiger partial charge in [-0.2, -0.15) is 0 Å². The maximum atomic E-state index is 11.9. The van der Waals surface area contributed by atoms with Crippen LogP contribution in [0.2, 0.25) is 15.1 Å². The Labute approximate surface area is 158 Å². The fraction of sp³-hybridized carbons (Fsp3) is 0.188. The molecule has 132 valence electrons. The number of hydrogen-bond donors (Lipinski definition) is 1. The van der Waals surface area contributed by atoms with Crippen molar-refractivity contribution in [1.29, 1.82) is 0 Å². The number of anilines is 1. The Hall–Kier alpha value is -2.02. The molecule has 1 amide bonds. The minimum Gasteiger partial charge on any atom is -0.492 e. The van der Waals surface area contributed by atoms with Crippen LogP contribution in [0.15, 0.2) is 36.4 Å². The Morgan fingerprint density at radius 3 is 2.56 bits per heavy atom. The first-order valence-electron chi connectivity index (χ1n) is 7.18. The van der Waals surface area contributed by atoms with Gasteiger partial charge in [-0.25, -0.2) is 0 Å². The number of nitro groups is 1. The van der Waals surface area contributed by atoms with Crippen LogP contribution in [0, 0.1) is 10.1 Å². The normalized spacial score (nSPS) is 10.4. The summed E-state index contributed by atoms with van der Waals surface area (Å²) in [6, 6.07) is 8.70. The van der Waals surface area contributed by atoms with Crippen molar-refractivity contribution in [3.8, 4) is 5.75 Å². The first kappa shape index (κ1) is 19.3. The molecule has 0 spiro atoms. The van der Waals surface area contributed by atoms with E-state index in [2.05, 4.69) is 5.32 Å². The Balaban J connectivity index is 1.83. The number of nitro benzene ring substituents is 1. The van der Waals surface area contributed by atoms with E-state index in [0.717, 1.165) is 0 Å². The van der Waals surface area contributed by atoms with Crippen molar-refractivity contribution in [3.05, 3.63) is 61.6 Å². The average Bonchev–Trinajstić information content (AvgIpc) is 2.55. The highest BCUT2D eigenvalue weighted by molar-refractivity contribution is 6.35. The van der Waals surface area contributed by atoms with Crippen molar-refractivity contribution >= 4 is 52.1 Å². The maximum Gasteiger partial charge on any atom is 0.271 e. The van der Waals surface area contributed by atoms with Gasteiger partial charge in [-0.1, -0.05) is 34.8 Å². The van der Waals surface area contributed by atoms with Gasteiger partial charge in [0.25, 0.3) is 5.69 Å². The smallest absolute Gasteiger partial charge is 0.271 e. The van der Waals surface area contributed by atoms with Gasteiger partial charge in [-0.05, 0) is 30.7 Å². The summed E-state index contributed by atoms with van der Waals surface area (Å²) in [4.78, 5) is 22.1. The van der Waals surface area contributed by atoms with Crippen molar-refractivity contribution in [2.45, 2.75) is 12.8 Å². The van der Waals surface area contributed by atoms with Gasteiger partial charge in [-0.15, -0.1) is 0 Å². The van der Waals surface area contributed by atoms with Crippen LogP contribution in [0.1, 0.15) is 12.8 Å². The lowest BCUT2D eigenvalue weighted by molar-refractivity contribution is -0.384. The molecular formula is C16H13Cl3N2O4. The number of hydrogen-bond acceptors (Lipinski definition) is 4. The van der Waals surface area contributed by atoms with E-state index in [1.165, 1.54) is 18.2 Å². The minimum atomic E-state index is -0.560. The monoisotopic (exact) mass is 402 g/mol. The number of amides is 1. The molecule has 0 aliphatic rings. The van der Waals surface area contributed by atoms with Gasteiger partial charge in [0.05, 0.1) is 27.3 Å². The number of halogens is 3. The van der Waals surface area contributed by atoms with Crippen LogP contribution < -0.4 is 10.1 Å². The number of carbonyl (C=O) groups excluding carboxylic acids is 1. The van der Waals surface area contributed by atoms with Crippen molar-refractivity contribution in [2.75, 3.05) is 11.9 Å². The molecule has 6 nitrogen and oxygen atoms in total. The van der Waals surface area contributed by atoms with Crippen LogP contribution >= 0.6 is 34.8 Å². The number of benzene rings is 2. The molecule has 1 N–H and O–H groups in total. The van der Waals surface area contributed by atoms with E-state index < -0.39 is 4.92 Å². The number of ether oxygens (including phenoxy) is 1. The molecule has 0 aliphatic carbocycles. The van der Waals surface area contributed by atoms with E-state index in [4.69, 9.17) is 39.5 Å². The van der Waals surface area contributed by atoms with E-state index in [-0.39, 0.29) is 35.3 Å². The summed E-state index contributed by atoms with van der Waals surface area (Å²) >= 11 is 17.7. The molecule has 0 fully saturated rings. The lowest BCUT2D eigenvalue weighted by Crippen LogP contribution is -2.13. The predicted octanol–water partition coefficient (Wildman–Crippen LogP) is 5.35. The molecule has 2 aromatic rings. The van der Waals surface area contributed by atoms with Crippen molar-refractivity contribution in [1.82, 2.24) is 0 Å². The summed E-state index contributed by atoms with van der Waals surface area (Å²) in [6.45, 7) is 0.275. The number of carbonyl (C=O) groups is 1. The van der Waals surface area contributed by atoms with Crippen LogP contribution in [0.25, 0.3) is 0 Å². The van der Waals surface area contributed by atoms with Gasteiger partial charge in [0.1, 0.15) is 5.75 Å². The standard InChI is InChI=1S/C16H13Cl3N2O4/c17-10-3-6-15(13(19)8-10)25-7-1-2-16(22)20-14-9-11(21(23)24)4-5-12(14)18/h3-6,8-9H,1-2,7H2,(H,20,22). The second kappa shape index (κ2) is 8.89. The third-order valence-corrected chi connectivity index (χ3v) is 3.99. The summed E-state index contributed by atoms with van der Waals surface area (Å²) in [7, 11) is 0. The highest BCUT2D eigenvalue weighted by atomic mass is 35.5. The Bertz CT molecular complexity index is 799. The molecule has 0 heterocycles. The number of rotatable bonds is 7. The van der Waals surface area contributed by atoms with Crippen LogP contribution in [-0.4, -0.2) is 17.4 Å². The van der Waals surface area contributed by atoms with E-state index in [1.54, 1.807) is 18.2 Å². The van der Waals surface area contributed by atoms with Crippen LogP contribution in [0.4, 0.5) is 11.4 Å². The lowest BCUT2D eigenvalue weighted by Gasteiger charge is -2.09. The van der Waals surface area contributed by atoms with Crippen molar-refractivity contribution in [2.24, 2.45) is 0 Å². The van der Waals surface area contributed by atoms with Crippen molar-refractivity contribution in [3.63, 3.8) is 0 Å². The van der Waals surface area contributed by atoms with Gasteiger partial charge in [0, 0.05) is 23.6 Å². The molecule has 0 aliphatic heterocycles. The SMILES string of the molecule is O=C(CCCOc1ccc(Cl)cc1Cl)Nc1cc([N+](=O)[O-])ccc1Cl. The van der Waals surface area contributed by atoms with Gasteiger partial charge >= 0.3 is 0 Å². The van der Waals surface area contributed by atoms with Crippen LogP contribution in [-0.2, 0) is 4.79 Å². The third-order valence-electron chi connectivity index (χ3n) is 3.13. The molecule has 0 atom stereocenters. The molecule has 0 aromatic heterocycles. The summed E-state index contributed by atoms with van der Waals surface area (Å²) < 4.78 is 5.48. The van der Waals surface area contributed by atoms with Gasteiger partial charge < -0.3 is 10.1 Å². The van der Waals surface area contributed by atoms with Gasteiger partial charge in [0.15, 0.2) is 0 Å². The van der Waals surface area contributed by atoms with E-state index in [9.17, 15) is 14.9 Å². The first-order valence-corrected chi connectivity index (χ1v) is 8.32. The molecule has 0 saturated heterocycles. The Morgan fingerprint density at radius 2 is 1.88 bits per heavy atom. The minimum absolute atomic E-state index is 0.152. The molecule has 0 saturated carbocycles. The summed E-state index contributed by atoms with van der Waals surface area (Å²) in [5.74, 6) is 0.154. The van der Waals surface area contributed by atoms with Crippen molar-refractivity contribution < 1.29 is 14.5 Å². The zero-order valence-electron chi connectivity index (χ0n) is 12.8. The Morgan fingerprint density at radius 1 is 1.12 bits per heavy atom. The predicted molar refractivity (Wildman–Crippen MR) is 97.9 cm³/mol. The van der Waals surface area contributed by atoms with E-state index in [0.29, 0.717) is 22.2 Å². The Kier molecular flexibility index (Phi) is 6.87. The molecule has 0 unspecified atom stereocenters. The van der Waals surface area contributed by atoms with E-state index in [1.807, 2.05) is 0 Å². The molecule has 2 rings (SSSR count). The molecule has 0 radical (unpaired) electrons. The zero-order valence-corrected chi connectivity index (χ0v) is 15.1. The molecular weight excluding hydrogens is 391 g/mol. The fourth-order valence-electron chi connectivity index (χ4n) is 1.94. The number of nitrogens with zero attached hydrogens (tertiary/aromatic N) is 1. The highest BCUT2D eigenvalue weighted by Gasteiger charge is 2.12. The third kappa shape index (κ3) is 5.77. The average molecular weight is 404 g/mol. The van der Waals surface area contributed by atoms with Gasteiger partial charge in [0.2, 0.25) is 5.91 Å². The summed E-state index contributed by atoms with van der Waals surface area (Å²) in [5, 5.41) is 14.4. The number of nitrogens with one attached hydrogen (secondary N) is 1. The molecule has 9 heteroatoms. The maximum absolute atomic E-state index is 11.9. The summed E-state index contributed by atoms with van der Waals surface area (Å²) in [5.41, 5.74) is 0.0444.